The van der Waals surface area contributed by atoms with Crippen LogP contribution in [0.3, 0.4) is 0 Å². The third-order valence-corrected chi connectivity index (χ3v) is 4.17. The van der Waals surface area contributed by atoms with Gasteiger partial charge in [-0.1, -0.05) is 25.1 Å². The highest BCUT2D eigenvalue weighted by atomic mass is 16.5. The van der Waals surface area contributed by atoms with E-state index in [0.29, 0.717) is 6.04 Å². The Kier molecular flexibility index (Phi) is 5.05. The number of carbonyl (C=O) groups is 1. The van der Waals surface area contributed by atoms with Gasteiger partial charge in [0.15, 0.2) is 6.61 Å². The van der Waals surface area contributed by atoms with Crippen LogP contribution in [-0.2, 0) is 4.79 Å². The lowest BCUT2D eigenvalue weighted by Crippen LogP contribution is -2.45. The first-order chi connectivity index (χ1) is 9.63. The third kappa shape index (κ3) is 3.33. The zero-order chi connectivity index (χ0) is 14.5. The summed E-state index contributed by atoms with van der Waals surface area (Å²) >= 11 is 0. The largest absolute Gasteiger partial charge is 0.483 e. The number of benzene rings is 1. The minimum atomic E-state index is 0.124. The molecule has 3 nitrogen and oxygen atoms in total. The maximum atomic E-state index is 12.4. The molecule has 0 spiro atoms. The van der Waals surface area contributed by atoms with Crippen molar-refractivity contribution in [3.8, 4) is 5.75 Å². The summed E-state index contributed by atoms with van der Waals surface area (Å²) in [5.41, 5.74) is 2.17. The van der Waals surface area contributed by atoms with Crippen LogP contribution in [0.4, 0.5) is 0 Å². The molecular formula is C17H25NO2. The van der Waals surface area contributed by atoms with E-state index in [0.717, 1.165) is 42.7 Å². The summed E-state index contributed by atoms with van der Waals surface area (Å²) in [6, 6.07) is 6.44. The van der Waals surface area contributed by atoms with E-state index in [9.17, 15) is 4.79 Å². The van der Waals surface area contributed by atoms with Crippen molar-refractivity contribution in [2.75, 3.05) is 13.2 Å². The molecule has 1 aromatic rings. The Morgan fingerprint density at radius 2 is 2.00 bits per heavy atom. The molecule has 1 saturated heterocycles. The van der Waals surface area contributed by atoms with Crippen LogP contribution in [0.1, 0.15) is 43.7 Å². The highest BCUT2D eigenvalue weighted by molar-refractivity contribution is 5.78. The zero-order valence-electron chi connectivity index (χ0n) is 12.8. The minimum Gasteiger partial charge on any atom is -0.483 e. The molecule has 0 saturated carbocycles. The molecule has 1 aliphatic rings. The number of ether oxygens (including phenoxy) is 1. The van der Waals surface area contributed by atoms with Crippen molar-refractivity contribution in [1.29, 1.82) is 0 Å². The molecule has 0 bridgehead atoms. The molecule has 0 radical (unpaired) electrons. The lowest BCUT2D eigenvalue weighted by atomic mass is 10.00. The predicted octanol–water partition coefficient (Wildman–Crippen LogP) is 3.47. The van der Waals surface area contributed by atoms with Gasteiger partial charge in [-0.15, -0.1) is 0 Å². The molecule has 3 heteroatoms. The number of likely N-dealkylation sites (tertiary alicyclic amines) is 1. The number of nitrogens with zero attached hydrogens (tertiary/aromatic N) is 1. The van der Waals surface area contributed by atoms with Crippen molar-refractivity contribution in [1.82, 2.24) is 4.90 Å². The van der Waals surface area contributed by atoms with Crippen LogP contribution in [0.5, 0.6) is 5.75 Å². The number of piperidine rings is 1. The third-order valence-electron chi connectivity index (χ3n) is 4.17. The Morgan fingerprint density at radius 3 is 2.65 bits per heavy atom. The van der Waals surface area contributed by atoms with Crippen molar-refractivity contribution >= 4 is 5.91 Å². The molecule has 0 N–H and O–H groups in total. The number of carbonyl (C=O) groups excluding carboxylic acids is 1. The molecule has 1 heterocycles. The summed E-state index contributed by atoms with van der Waals surface area (Å²) in [6.45, 7) is 7.23. The highest BCUT2D eigenvalue weighted by Crippen LogP contribution is 2.23. The Morgan fingerprint density at radius 1 is 1.30 bits per heavy atom. The lowest BCUT2D eigenvalue weighted by Gasteiger charge is -2.35. The Labute approximate surface area is 121 Å². The minimum absolute atomic E-state index is 0.124. The van der Waals surface area contributed by atoms with Gasteiger partial charge in [-0.2, -0.15) is 0 Å². The first-order valence-electron chi connectivity index (χ1n) is 7.62. The highest BCUT2D eigenvalue weighted by Gasteiger charge is 2.25. The van der Waals surface area contributed by atoms with E-state index in [-0.39, 0.29) is 12.5 Å². The smallest absolute Gasteiger partial charge is 0.260 e. The second kappa shape index (κ2) is 6.78. The van der Waals surface area contributed by atoms with Crippen LogP contribution in [0, 0.1) is 13.8 Å². The first kappa shape index (κ1) is 14.9. The van der Waals surface area contributed by atoms with Gasteiger partial charge < -0.3 is 9.64 Å². The second-order valence-electron chi connectivity index (χ2n) is 5.65. The fourth-order valence-electron chi connectivity index (χ4n) is 3.00. The maximum Gasteiger partial charge on any atom is 0.260 e. The van der Waals surface area contributed by atoms with Crippen LogP contribution in [-0.4, -0.2) is 30.0 Å². The number of hydrogen-bond acceptors (Lipinski definition) is 2. The van der Waals surface area contributed by atoms with Gasteiger partial charge in [-0.25, -0.2) is 0 Å². The fourth-order valence-corrected chi connectivity index (χ4v) is 3.00. The molecule has 0 aliphatic carbocycles. The Hall–Kier alpha value is -1.51. The van der Waals surface area contributed by atoms with Crippen LogP contribution in [0.2, 0.25) is 0 Å². The molecule has 1 fully saturated rings. The van der Waals surface area contributed by atoms with Gasteiger partial charge in [-0.3, -0.25) is 4.79 Å². The van der Waals surface area contributed by atoms with E-state index < -0.39 is 0 Å². The van der Waals surface area contributed by atoms with Gasteiger partial charge in [0, 0.05) is 12.6 Å². The van der Waals surface area contributed by atoms with Crippen molar-refractivity contribution in [3.63, 3.8) is 0 Å². The summed E-state index contributed by atoms with van der Waals surface area (Å²) in [5.74, 6) is 0.977. The number of rotatable bonds is 4. The van der Waals surface area contributed by atoms with E-state index in [1.807, 2.05) is 36.9 Å². The van der Waals surface area contributed by atoms with E-state index in [1.54, 1.807) is 0 Å². The molecule has 110 valence electrons. The SMILES string of the molecule is CCC1CCCCN1C(=O)COc1c(C)cccc1C. The summed E-state index contributed by atoms with van der Waals surface area (Å²) in [7, 11) is 0. The van der Waals surface area contributed by atoms with Crippen LogP contribution < -0.4 is 4.74 Å². The molecule has 0 aromatic heterocycles. The average Bonchev–Trinajstić information content (AvgIpc) is 2.46. The number of amides is 1. The van der Waals surface area contributed by atoms with E-state index >= 15 is 0 Å². The van der Waals surface area contributed by atoms with E-state index in [2.05, 4.69) is 6.92 Å². The molecular weight excluding hydrogens is 250 g/mol. The van der Waals surface area contributed by atoms with Crippen molar-refractivity contribution in [3.05, 3.63) is 29.3 Å². The molecule has 1 aliphatic heterocycles. The van der Waals surface area contributed by atoms with Crippen LogP contribution >= 0.6 is 0 Å². The summed E-state index contributed by atoms with van der Waals surface area (Å²) in [5, 5.41) is 0. The van der Waals surface area contributed by atoms with Crippen molar-refractivity contribution in [2.45, 2.75) is 52.5 Å². The normalized spacial score (nSPS) is 18.9. The van der Waals surface area contributed by atoms with Crippen molar-refractivity contribution < 1.29 is 9.53 Å². The Balaban J connectivity index is 1.98. The van der Waals surface area contributed by atoms with Gasteiger partial charge in [0.2, 0.25) is 0 Å². The predicted molar refractivity (Wildman–Crippen MR) is 81.1 cm³/mol. The van der Waals surface area contributed by atoms with Gasteiger partial charge >= 0.3 is 0 Å². The second-order valence-corrected chi connectivity index (χ2v) is 5.65. The molecule has 2 rings (SSSR count). The molecule has 1 aromatic carbocycles. The average molecular weight is 275 g/mol. The first-order valence-corrected chi connectivity index (χ1v) is 7.62. The molecule has 1 atom stereocenters. The summed E-state index contributed by atoms with van der Waals surface area (Å²) in [6.07, 6.45) is 4.52. The van der Waals surface area contributed by atoms with E-state index in [4.69, 9.17) is 4.74 Å². The van der Waals surface area contributed by atoms with Gasteiger partial charge in [0.1, 0.15) is 5.75 Å². The topological polar surface area (TPSA) is 29.5 Å². The van der Waals surface area contributed by atoms with Gasteiger partial charge in [0.05, 0.1) is 0 Å². The maximum absolute atomic E-state index is 12.4. The van der Waals surface area contributed by atoms with Gasteiger partial charge in [-0.05, 0) is 50.7 Å². The molecule has 1 unspecified atom stereocenters. The molecule has 20 heavy (non-hydrogen) atoms. The standard InChI is InChI=1S/C17H25NO2/c1-4-15-10-5-6-11-18(15)16(19)12-20-17-13(2)8-7-9-14(17)3/h7-9,15H,4-6,10-12H2,1-3H3. The van der Waals surface area contributed by atoms with Crippen molar-refractivity contribution in [2.24, 2.45) is 0 Å². The quantitative estimate of drug-likeness (QED) is 0.842. The van der Waals surface area contributed by atoms with Crippen LogP contribution in [0.25, 0.3) is 0 Å². The summed E-state index contributed by atoms with van der Waals surface area (Å²) < 4.78 is 5.78. The fraction of sp³-hybridized carbons (Fsp3) is 0.588. The number of para-hydroxylation sites is 1. The number of aryl methyl sites for hydroxylation is 2. The van der Waals surface area contributed by atoms with E-state index in [1.165, 1.54) is 6.42 Å². The monoisotopic (exact) mass is 275 g/mol. The zero-order valence-corrected chi connectivity index (χ0v) is 12.8. The Bertz CT molecular complexity index is 450. The van der Waals surface area contributed by atoms with Crippen LogP contribution in [0.15, 0.2) is 18.2 Å². The number of hydrogen-bond donors (Lipinski definition) is 0. The lowest BCUT2D eigenvalue weighted by molar-refractivity contribution is -0.137. The summed E-state index contributed by atoms with van der Waals surface area (Å²) in [4.78, 5) is 14.4. The van der Waals surface area contributed by atoms with Gasteiger partial charge in [0.25, 0.3) is 5.91 Å². The molecule has 1 amide bonds.